The Balaban J connectivity index is 0.000000245. The van der Waals surface area contributed by atoms with Gasteiger partial charge in [0.25, 0.3) is 0 Å². The number of benzene rings is 2. The molecule has 2 rings (SSSR count). The summed E-state index contributed by atoms with van der Waals surface area (Å²) in [5, 5.41) is 2.64. The second-order valence-electron chi connectivity index (χ2n) is 3.43. The molecule has 0 unspecified atom stereocenters. The van der Waals surface area contributed by atoms with Gasteiger partial charge in [0.05, 0.1) is 0 Å². The van der Waals surface area contributed by atoms with Crippen LogP contribution in [0.2, 0.25) is 0 Å². The third-order valence-electron chi connectivity index (χ3n) is 2.07. The Morgan fingerprint density at radius 3 is 2.27 bits per heavy atom. The van der Waals surface area contributed by atoms with Crippen LogP contribution < -0.4 is 0 Å². The van der Waals surface area contributed by atoms with Crippen molar-refractivity contribution in [3.8, 4) is 0 Å². The van der Waals surface area contributed by atoms with Crippen molar-refractivity contribution in [2.75, 3.05) is 0 Å². The van der Waals surface area contributed by atoms with E-state index in [9.17, 15) is 4.79 Å². The van der Waals surface area contributed by atoms with Crippen molar-refractivity contribution in [2.24, 2.45) is 0 Å². The lowest BCUT2D eigenvalue weighted by Crippen LogP contribution is -1.73. The molecule has 0 fully saturated rings. The van der Waals surface area contributed by atoms with Gasteiger partial charge in [0.1, 0.15) is 6.29 Å². The maximum Gasteiger partial charge on any atom is 0.119 e. The molecule has 0 spiro atoms. The molecule has 78 valence electrons. The maximum absolute atomic E-state index is 9.17. The van der Waals surface area contributed by atoms with E-state index >= 15 is 0 Å². The molecular formula is C14H16O. The molecule has 0 atom stereocenters. The summed E-state index contributed by atoms with van der Waals surface area (Å²) in [5.74, 6) is 0. The summed E-state index contributed by atoms with van der Waals surface area (Å²) in [4.78, 5) is 9.17. The van der Waals surface area contributed by atoms with Crippen molar-refractivity contribution in [3.05, 3.63) is 48.0 Å². The van der Waals surface area contributed by atoms with Crippen molar-refractivity contribution in [1.29, 1.82) is 0 Å². The third kappa shape index (κ3) is 3.55. The normalized spacial score (nSPS) is 9.20. The number of hydrogen-bond donors (Lipinski definition) is 0. The van der Waals surface area contributed by atoms with Crippen LogP contribution in [0.4, 0.5) is 0 Å². The molecule has 0 heterocycles. The van der Waals surface area contributed by atoms with Gasteiger partial charge in [-0.2, -0.15) is 0 Å². The number of hydrogen-bond acceptors (Lipinski definition) is 1. The Morgan fingerprint density at radius 2 is 1.67 bits per heavy atom. The summed E-state index contributed by atoms with van der Waals surface area (Å²) < 4.78 is 0. The smallest absolute Gasteiger partial charge is 0.119 e. The van der Waals surface area contributed by atoms with Gasteiger partial charge in [-0.25, -0.2) is 0 Å². The van der Waals surface area contributed by atoms with E-state index in [-0.39, 0.29) is 0 Å². The van der Waals surface area contributed by atoms with Crippen LogP contribution in [0.5, 0.6) is 0 Å². The highest BCUT2D eigenvalue weighted by Crippen LogP contribution is 2.14. The first-order chi connectivity index (χ1) is 7.27. The van der Waals surface area contributed by atoms with Crippen LogP contribution in [0.3, 0.4) is 0 Å². The summed E-state index contributed by atoms with van der Waals surface area (Å²) in [6, 6.07) is 14.9. The van der Waals surface area contributed by atoms with Crippen LogP contribution in [-0.2, 0) is 4.79 Å². The van der Waals surface area contributed by atoms with Crippen LogP contribution in [0.1, 0.15) is 18.9 Å². The Bertz CT molecular complexity index is 432. The fourth-order valence-electron chi connectivity index (χ4n) is 1.31. The molecule has 1 heteroatoms. The fraction of sp³-hybridized carbons (Fsp3) is 0.214. The molecule has 0 aromatic heterocycles. The molecule has 1 nitrogen and oxygen atoms in total. The molecule has 2 aromatic carbocycles. The summed E-state index contributed by atoms with van der Waals surface area (Å²) in [5.41, 5.74) is 1.32. The largest absolute Gasteiger partial charge is 0.303 e. The van der Waals surface area contributed by atoms with E-state index in [0.29, 0.717) is 6.42 Å². The first-order valence-electron chi connectivity index (χ1n) is 5.17. The molecule has 0 radical (unpaired) electrons. The van der Waals surface area contributed by atoms with Gasteiger partial charge in [-0.3, -0.25) is 0 Å². The molecular weight excluding hydrogens is 184 g/mol. The van der Waals surface area contributed by atoms with E-state index < -0.39 is 0 Å². The zero-order chi connectivity index (χ0) is 11.1. The minimum absolute atomic E-state index is 0.639. The zero-order valence-electron chi connectivity index (χ0n) is 9.23. The summed E-state index contributed by atoms with van der Waals surface area (Å²) in [6.45, 7) is 3.93. The highest BCUT2D eigenvalue weighted by molar-refractivity contribution is 5.82. The number of carbonyl (C=O) groups is 1. The minimum atomic E-state index is 0.639. The monoisotopic (exact) mass is 200 g/mol. The molecule has 0 amide bonds. The van der Waals surface area contributed by atoms with Gasteiger partial charge in [-0.1, -0.05) is 55.0 Å². The van der Waals surface area contributed by atoms with E-state index in [0.717, 1.165) is 6.29 Å². The van der Waals surface area contributed by atoms with E-state index in [2.05, 4.69) is 49.4 Å². The second-order valence-corrected chi connectivity index (χ2v) is 3.43. The van der Waals surface area contributed by atoms with E-state index in [1.54, 1.807) is 0 Å². The lowest BCUT2D eigenvalue weighted by molar-refractivity contribution is -0.107. The quantitative estimate of drug-likeness (QED) is 0.641. The van der Waals surface area contributed by atoms with Crippen LogP contribution in [0, 0.1) is 6.92 Å². The topological polar surface area (TPSA) is 17.1 Å². The van der Waals surface area contributed by atoms with Gasteiger partial charge >= 0.3 is 0 Å². The van der Waals surface area contributed by atoms with Crippen molar-refractivity contribution in [1.82, 2.24) is 0 Å². The van der Waals surface area contributed by atoms with Gasteiger partial charge in [0.2, 0.25) is 0 Å². The molecule has 0 aliphatic heterocycles. The van der Waals surface area contributed by atoms with Gasteiger partial charge in [0.15, 0.2) is 0 Å². The number of aryl methyl sites for hydroxylation is 1. The number of fused-ring (bicyclic) bond motifs is 1. The SMILES string of the molecule is CCC=O.Cc1ccc2ccccc2c1. The minimum Gasteiger partial charge on any atom is -0.303 e. The lowest BCUT2D eigenvalue weighted by atomic mass is 10.1. The van der Waals surface area contributed by atoms with Crippen LogP contribution in [0.25, 0.3) is 10.8 Å². The third-order valence-corrected chi connectivity index (χ3v) is 2.07. The highest BCUT2D eigenvalue weighted by Gasteiger charge is 1.89. The molecule has 0 bridgehead atoms. The summed E-state index contributed by atoms with van der Waals surface area (Å²) >= 11 is 0. The van der Waals surface area contributed by atoms with E-state index in [4.69, 9.17) is 0 Å². The van der Waals surface area contributed by atoms with Crippen molar-refractivity contribution >= 4 is 17.1 Å². The van der Waals surface area contributed by atoms with Gasteiger partial charge in [-0.05, 0) is 17.7 Å². The van der Waals surface area contributed by atoms with Crippen LogP contribution in [0.15, 0.2) is 42.5 Å². The Morgan fingerprint density at radius 1 is 1.07 bits per heavy atom. The van der Waals surface area contributed by atoms with E-state index in [1.807, 2.05) is 6.92 Å². The fourth-order valence-corrected chi connectivity index (χ4v) is 1.31. The van der Waals surface area contributed by atoms with Crippen LogP contribution in [-0.4, -0.2) is 6.29 Å². The first-order valence-corrected chi connectivity index (χ1v) is 5.17. The van der Waals surface area contributed by atoms with Crippen LogP contribution >= 0.6 is 0 Å². The van der Waals surface area contributed by atoms with Crippen molar-refractivity contribution in [2.45, 2.75) is 20.3 Å². The molecule has 0 N–H and O–H groups in total. The molecule has 0 aliphatic rings. The van der Waals surface area contributed by atoms with E-state index in [1.165, 1.54) is 16.3 Å². The maximum atomic E-state index is 9.17. The molecule has 2 aromatic rings. The van der Waals surface area contributed by atoms with Gasteiger partial charge in [-0.15, -0.1) is 0 Å². The molecule has 0 saturated heterocycles. The first kappa shape index (κ1) is 11.4. The number of carbonyl (C=O) groups excluding carboxylic acids is 1. The van der Waals surface area contributed by atoms with Gasteiger partial charge in [0, 0.05) is 6.42 Å². The molecule has 0 aliphatic carbocycles. The standard InChI is InChI=1S/C11H10.C3H6O/c1-9-6-7-10-4-2-3-5-11(10)8-9;1-2-3-4/h2-8H,1H3;3H,2H2,1H3. The number of aldehydes is 1. The Kier molecular flexibility index (Phi) is 4.55. The Labute approximate surface area is 90.7 Å². The molecule has 0 saturated carbocycles. The highest BCUT2D eigenvalue weighted by atomic mass is 16.1. The van der Waals surface area contributed by atoms with Gasteiger partial charge < -0.3 is 4.79 Å². The Hall–Kier alpha value is -1.63. The average molecular weight is 200 g/mol. The average Bonchev–Trinajstić information content (AvgIpc) is 2.29. The predicted molar refractivity (Wildman–Crippen MR) is 65.0 cm³/mol. The summed E-state index contributed by atoms with van der Waals surface area (Å²) in [7, 11) is 0. The number of rotatable bonds is 1. The predicted octanol–water partition coefficient (Wildman–Crippen LogP) is 3.74. The zero-order valence-corrected chi connectivity index (χ0v) is 9.23. The second kappa shape index (κ2) is 5.97. The van der Waals surface area contributed by atoms with Crippen molar-refractivity contribution in [3.63, 3.8) is 0 Å². The van der Waals surface area contributed by atoms with Crippen molar-refractivity contribution < 1.29 is 4.79 Å². The summed E-state index contributed by atoms with van der Waals surface area (Å²) in [6.07, 6.45) is 1.51. The lowest BCUT2D eigenvalue weighted by Gasteiger charge is -1.96. The molecule has 15 heavy (non-hydrogen) atoms.